The minimum absolute atomic E-state index is 0.0514. The maximum absolute atomic E-state index is 13.2. The number of alkyl halides is 6. The fourth-order valence-electron chi connectivity index (χ4n) is 5.18. The van der Waals surface area contributed by atoms with Gasteiger partial charge in [0.05, 0.1) is 29.8 Å². The third-order valence-corrected chi connectivity index (χ3v) is 7.01. The van der Waals surface area contributed by atoms with E-state index < -0.39 is 23.5 Å². The van der Waals surface area contributed by atoms with E-state index in [9.17, 15) is 26.3 Å². The Morgan fingerprint density at radius 3 is 2.03 bits per heavy atom. The average Bonchev–Trinajstić information content (AvgIpc) is 2.82. The summed E-state index contributed by atoms with van der Waals surface area (Å²) >= 11 is 0. The number of hydrogen-bond donors (Lipinski definition) is 0. The quantitative estimate of drug-likeness (QED) is 0.354. The molecule has 0 aliphatic carbocycles. The van der Waals surface area contributed by atoms with Crippen LogP contribution in [0.5, 0.6) is 17.4 Å². The molecule has 2 aromatic rings. The van der Waals surface area contributed by atoms with Crippen molar-refractivity contribution in [2.24, 2.45) is 11.8 Å². The summed E-state index contributed by atoms with van der Waals surface area (Å²) in [6, 6.07) is 5.16. The number of piperidine rings is 2. The van der Waals surface area contributed by atoms with Crippen LogP contribution in [0.1, 0.15) is 57.6 Å². The first-order chi connectivity index (χ1) is 17.4. The molecule has 0 N–H and O–H groups in total. The SMILES string of the molecule is CCCOc1cc(C(F)(F)F)ccc1OC1CC2C(C)C[C@@H](C)[C@@H](C1)N2Oc1ccc(C(F)(F)F)cn1. The molecule has 2 aliphatic rings. The van der Waals surface area contributed by atoms with Crippen molar-refractivity contribution >= 4 is 0 Å². The molecule has 2 saturated heterocycles. The summed E-state index contributed by atoms with van der Waals surface area (Å²) in [5, 5.41) is 1.82. The van der Waals surface area contributed by atoms with E-state index in [1.54, 1.807) is 0 Å². The van der Waals surface area contributed by atoms with Crippen molar-refractivity contribution in [3.05, 3.63) is 47.7 Å². The number of fused-ring (bicyclic) bond motifs is 2. The van der Waals surface area contributed by atoms with Gasteiger partial charge in [-0.1, -0.05) is 20.8 Å². The molecule has 11 heteroatoms. The van der Waals surface area contributed by atoms with E-state index in [0.29, 0.717) is 19.3 Å². The second-order valence-electron chi connectivity index (χ2n) is 9.88. The molecule has 2 bridgehead atoms. The Morgan fingerprint density at radius 1 is 0.865 bits per heavy atom. The van der Waals surface area contributed by atoms with Gasteiger partial charge in [0.1, 0.15) is 6.10 Å². The van der Waals surface area contributed by atoms with E-state index in [1.165, 1.54) is 12.1 Å². The molecule has 204 valence electrons. The van der Waals surface area contributed by atoms with Crippen LogP contribution in [0.3, 0.4) is 0 Å². The zero-order chi connectivity index (χ0) is 27.0. The van der Waals surface area contributed by atoms with E-state index in [0.717, 1.165) is 30.8 Å². The van der Waals surface area contributed by atoms with Gasteiger partial charge in [0.2, 0.25) is 5.88 Å². The van der Waals surface area contributed by atoms with Crippen molar-refractivity contribution in [2.45, 2.75) is 77.0 Å². The summed E-state index contributed by atoms with van der Waals surface area (Å²) < 4.78 is 90.2. The van der Waals surface area contributed by atoms with Crippen LogP contribution in [-0.2, 0) is 12.4 Å². The van der Waals surface area contributed by atoms with Crippen LogP contribution in [0, 0.1) is 11.8 Å². The second-order valence-corrected chi connectivity index (χ2v) is 9.88. The topological polar surface area (TPSA) is 43.8 Å². The maximum Gasteiger partial charge on any atom is 0.417 e. The Bertz CT molecular complexity index is 1040. The molecule has 0 radical (unpaired) electrons. The van der Waals surface area contributed by atoms with Gasteiger partial charge < -0.3 is 14.3 Å². The van der Waals surface area contributed by atoms with Gasteiger partial charge in [0.15, 0.2) is 11.5 Å². The molecular formula is C26H30F6N2O3. The molecule has 1 aromatic heterocycles. The first-order valence-electron chi connectivity index (χ1n) is 12.4. The Labute approximate surface area is 211 Å². The minimum atomic E-state index is -4.50. The minimum Gasteiger partial charge on any atom is -0.490 e. The molecule has 0 saturated carbocycles. The number of halogens is 6. The zero-order valence-electron chi connectivity index (χ0n) is 20.8. The van der Waals surface area contributed by atoms with Crippen LogP contribution in [0.25, 0.3) is 0 Å². The summed E-state index contributed by atoms with van der Waals surface area (Å²) in [7, 11) is 0. The molecule has 5 nitrogen and oxygen atoms in total. The van der Waals surface area contributed by atoms with Crippen LogP contribution in [-0.4, -0.2) is 34.8 Å². The van der Waals surface area contributed by atoms with Crippen molar-refractivity contribution in [3.63, 3.8) is 0 Å². The van der Waals surface area contributed by atoms with Crippen LogP contribution in [0.15, 0.2) is 36.5 Å². The number of ether oxygens (including phenoxy) is 2. The van der Waals surface area contributed by atoms with Crippen LogP contribution >= 0.6 is 0 Å². The molecule has 2 aliphatic heterocycles. The highest BCUT2D eigenvalue weighted by molar-refractivity contribution is 5.44. The van der Waals surface area contributed by atoms with E-state index in [2.05, 4.69) is 18.8 Å². The molecule has 1 aromatic carbocycles. The van der Waals surface area contributed by atoms with Gasteiger partial charge >= 0.3 is 12.4 Å². The monoisotopic (exact) mass is 532 g/mol. The molecule has 4 rings (SSSR count). The van der Waals surface area contributed by atoms with E-state index in [1.807, 2.05) is 12.0 Å². The van der Waals surface area contributed by atoms with Crippen LogP contribution in [0.2, 0.25) is 0 Å². The molecule has 3 heterocycles. The largest absolute Gasteiger partial charge is 0.490 e. The Morgan fingerprint density at radius 2 is 1.49 bits per heavy atom. The number of rotatable bonds is 7. The number of nitrogens with zero attached hydrogens (tertiary/aromatic N) is 2. The van der Waals surface area contributed by atoms with Crippen molar-refractivity contribution in [1.82, 2.24) is 10.0 Å². The van der Waals surface area contributed by atoms with Gasteiger partial charge in [-0.15, -0.1) is 5.06 Å². The Balaban J connectivity index is 1.53. The lowest BCUT2D eigenvalue weighted by atomic mass is 9.73. The summed E-state index contributed by atoms with van der Waals surface area (Å²) in [5.41, 5.74) is -1.66. The number of aromatic nitrogens is 1. The number of pyridine rings is 1. The predicted octanol–water partition coefficient (Wildman–Crippen LogP) is 7.16. The Hall–Kier alpha value is -2.69. The van der Waals surface area contributed by atoms with E-state index >= 15 is 0 Å². The van der Waals surface area contributed by atoms with Gasteiger partial charge in [-0.25, -0.2) is 4.98 Å². The van der Waals surface area contributed by atoms with Crippen LogP contribution in [0.4, 0.5) is 26.3 Å². The molecule has 37 heavy (non-hydrogen) atoms. The summed E-state index contributed by atoms with van der Waals surface area (Å²) in [6.45, 7) is 6.26. The zero-order valence-corrected chi connectivity index (χ0v) is 20.8. The van der Waals surface area contributed by atoms with Crippen LogP contribution < -0.4 is 14.3 Å². The van der Waals surface area contributed by atoms with E-state index in [-0.39, 0.29) is 54.0 Å². The van der Waals surface area contributed by atoms with Gasteiger partial charge in [-0.05, 0) is 48.9 Å². The lowest BCUT2D eigenvalue weighted by molar-refractivity contribution is -0.214. The average molecular weight is 533 g/mol. The smallest absolute Gasteiger partial charge is 0.417 e. The van der Waals surface area contributed by atoms with Gasteiger partial charge in [-0.2, -0.15) is 26.3 Å². The van der Waals surface area contributed by atoms with Crippen molar-refractivity contribution < 1.29 is 40.7 Å². The highest BCUT2D eigenvalue weighted by atomic mass is 19.4. The fraction of sp³-hybridized carbons (Fsp3) is 0.577. The highest BCUT2D eigenvalue weighted by Crippen LogP contribution is 2.44. The highest BCUT2D eigenvalue weighted by Gasteiger charge is 2.48. The summed E-state index contributed by atoms with van der Waals surface area (Å²) in [5.74, 6) is 0.756. The van der Waals surface area contributed by atoms with Crippen molar-refractivity contribution in [1.29, 1.82) is 0 Å². The molecule has 3 unspecified atom stereocenters. The molecule has 2 fully saturated rings. The van der Waals surface area contributed by atoms with Crippen molar-refractivity contribution in [2.75, 3.05) is 6.61 Å². The fourth-order valence-corrected chi connectivity index (χ4v) is 5.18. The predicted molar refractivity (Wildman–Crippen MR) is 123 cm³/mol. The Kier molecular flexibility index (Phi) is 7.83. The molecular weight excluding hydrogens is 502 g/mol. The number of benzene rings is 1. The van der Waals surface area contributed by atoms with Crippen molar-refractivity contribution in [3.8, 4) is 17.4 Å². The first kappa shape index (κ1) is 27.3. The standard InChI is InChI=1S/C26H30F6N2O3/c1-4-9-35-23-11-17(25(27,28)29)5-7-22(23)36-19-12-20-15(2)10-16(3)21(13-19)34(20)37-24-8-6-18(14-33-24)26(30,31)32/h5-8,11,14-16,19-21H,4,9-10,12-13H2,1-3H3/t15-,16?,19?,20-,21?/m1/s1. The van der Waals surface area contributed by atoms with Gasteiger partial charge in [0, 0.05) is 25.1 Å². The summed E-state index contributed by atoms with van der Waals surface area (Å²) in [6.07, 6.45) is -5.93. The van der Waals surface area contributed by atoms with Gasteiger partial charge in [-0.3, -0.25) is 0 Å². The first-order valence-corrected chi connectivity index (χ1v) is 12.4. The second kappa shape index (κ2) is 10.6. The molecule has 5 atom stereocenters. The lowest BCUT2D eigenvalue weighted by Gasteiger charge is -2.52. The summed E-state index contributed by atoms with van der Waals surface area (Å²) in [4.78, 5) is 9.86. The maximum atomic E-state index is 13.2. The van der Waals surface area contributed by atoms with Gasteiger partial charge in [0.25, 0.3) is 0 Å². The lowest BCUT2D eigenvalue weighted by Crippen LogP contribution is -2.61. The number of hydroxylamine groups is 2. The molecule has 0 amide bonds. The molecule has 0 spiro atoms. The van der Waals surface area contributed by atoms with E-state index in [4.69, 9.17) is 14.3 Å². The number of hydrogen-bond acceptors (Lipinski definition) is 5. The third-order valence-electron chi connectivity index (χ3n) is 7.01. The third kappa shape index (κ3) is 6.25. The normalized spacial score (nSPS) is 26.6.